The molecule has 1 amide bonds. The summed E-state index contributed by atoms with van der Waals surface area (Å²) < 4.78 is 25.4. The largest absolute Gasteiger partial charge is 0.493 e. The van der Waals surface area contributed by atoms with Crippen LogP contribution < -0.4 is 4.74 Å². The van der Waals surface area contributed by atoms with E-state index in [-0.39, 0.29) is 12.0 Å². The summed E-state index contributed by atoms with van der Waals surface area (Å²) in [5, 5.41) is 2.06. The molecule has 0 spiro atoms. The third-order valence-corrected chi connectivity index (χ3v) is 6.21. The van der Waals surface area contributed by atoms with Crippen LogP contribution in [-0.2, 0) is 17.7 Å². The number of rotatable bonds is 9. The van der Waals surface area contributed by atoms with Crippen LogP contribution in [0.1, 0.15) is 33.6 Å². The molecule has 1 aliphatic rings. The van der Waals surface area contributed by atoms with Gasteiger partial charge in [0.05, 0.1) is 12.7 Å². The van der Waals surface area contributed by atoms with Crippen LogP contribution in [0.2, 0.25) is 0 Å². The molecular weight excluding hydrogens is 413 g/mol. The summed E-state index contributed by atoms with van der Waals surface area (Å²) in [6, 6.07) is 17.8. The predicted octanol–water partition coefficient (Wildman–Crippen LogP) is 5.33. The molecule has 2 heterocycles. The molecule has 1 fully saturated rings. The first kappa shape index (κ1) is 21.5. The van der Waals surface area contributed by atoms with Gasteiger partial charge in [0.1, 0.15) is 11.6 Å². The van der Waals surface area contributed by atoms with Crippen molar-refractivity contribution in [3.63, 3.8) is 0 Å². The zero-order chi connectivity index (χ0) is 21.5. The van der Waals surface area contributed by atoms with Crippen molar-refractivity contribution in [2.75, 3.05) is 19.8 Å². The minimum Gasteiger partial charge on any atom is -0.493 e. The molecule has 1 atom stereocenters. The van der Waals surface area contributed by atoms with E-state index in [1.54, 1.807) is 28.4 Å². The summed E-state index contributed by atoms with van der Waals surface area (Å²) in [6.07, 6.45) is 2.81. The number of carbonyl (C=O) groups excluding carboxylic acids is 1. The van der Waals surface area contributed by atoms with Gasteiger partial charge in [-0.1, -0.05) is 24.3 Å². The molecule has 1 aliphatic heterocycles. The highest BCUT2D eigenvalue weighted by Crippen LogP contribution is 2.20. The quantitative estimate of drug-likeness (QED) is 0.452. The summed E-state index contributed by atoms with van der Waals surface area (Å²) in [5.41, 5.74) is 1.32. The summed E-state index contributed by atoms with van der Waals surface area (Å²) in [6.45, 7) is 2.22. The number of carbonyl (C=O) groups is 1. The van der Waals surface area contributed by atoms with Crippen LogP contribution in [-0.4, -0.2) is 36.7 Å². The van der Waals surface area contributed by atoms with E-state index in [4.69, 9.17) is 9.47 Å². The molecule has 0 aliphatic carbocycles. The molecule has 1 saturated heterocycles. The Bertz CT molecular complexity index is 986. The molecule has 0 saturated carbocycles. The average Bonchev–Trinajstić information content (AvgIpc) is 3.47. The number of benzene rings is 2. The van der Waals surface area contributed by atoms with E-state index in [0.29, 0.717) is 25.3 Å². The van der Waals surface area contributed by atoms with Crippen LogP contribution in [0.3, 0.4) is 0 Å². The summed E-state index contributed by atoms with van der Waals surface area (Å²) in [7, 11) is 0. The molecular formula is C25H26FNO3S. The molecule has 4 rings (SSSR count). The highest BCUT2D eigenvalue weighted by Gasteiger charge is 2.24. The molecule has 0 unspecified atom stereocenters. The van der Waals surface area contributed by atoms with Crippen LogP contribution in [0.25, 0.3) is 0 Å². The lowest BCUT2D eigenvalue weighted by atomic mass is 10.1. The second-order valence-electron chi connectivity index (χ2n) is 7.66. The Labute approximate surface area is 186 Å². The van der Waals surface area contributed by atoms with Gasteiger partial charge >= 0.3 is 0 Å². The Balaban J connectivity index is 1.44. The van der Waals surface area contributed by atoms with E-state index in [1.165, 1.54) is 17.0 Å². The minimum atomic E-state index is -0.413. The zero-order valence-electron chi connectivity index (χ0n) is 17.3. The van der Waals surface area contributed by atoms with E-state index in [9.17, 15) is 9.18 Å². The fourth-order valence-electron chi connectivity index (χ4n) is 3.74. The van der Waals surface area contributed by atoms with Crippen molar-refractivity contribution in [1.29, 1.82) is 0 Å². The lowest BCUT2D eigenvalue weighted by Gasteiger charge is -2.26. The van der Waals surface area contributed by atoms with Crippen molar-refractivity contribution in [1.82, 2.24) is 4.90 Å². The first-order chi connectivity index (χ1) is 15.2. The van der Waals surface area contributed by atoms with Crippen molar-refractivity contribution >= 4 is 17.2 Å². The topological polar surface area (TPSA) is 38.8 Å². The Hall–Kier alpha value is -2.70. The fraction of sp³-hybridized carbons (Fsp3) is 0.320. The van der Waals surface area contributed by atoms with Gasteiger partial charge in [-0.25, -0.2) is 4.39 Å². The second kappa shape index (κ2) is 10.6. The van der Waals surface area contributed by atoms with E-state index in [2.05, 4.69) is 11.4 Å². The van der Waals surface area contributed by atoms with E-state index in [0.717, 1.165) is 37.2 Å². The maximum atomic E-state index is 13.7. The van der Waals surface area contributed by atoms with Crippen molar-refractivity contribution in [2.24, 2.45) is 0 Å². The molecule has 3 aromatic rings. The van der Waals surface area contributed by atoms with Gasteiger partial charge in [-0.3, -0.25) is 4.79 Å². The number of hydrogen-bond donors (Lipinski definition) is 0. The lowest BCUT2D eigenvalue weighted by molar-refractivity contribution is 0.0507. The standard InChI is InChI=1S/C25H26FNO3S/c26-21-7-2-6-20(16-21)25(28)27(18-23-9-3-12-29-23)17-19-5-1-8-22(15-19)30-13-11-24-10-4-14-31-24/h1-2,4-8,10,14-16,23H,3,9,11-13,17-18H2/t23-/m1/s1. The third-order valence-electron chi connectivity index (χ3n) is 5.28. The van der Waals surface area contributed by atoms with Gasteiger partial charge in [0, 0.05) is 36.6 Å². The lowest BCUT2D eigenvalue weighted by Crippen LogP contribution is -2.37. The van der Waals surface area contributed by atoms with Crippen LogP contribution in [0.4, 0.5) is 4.39 Å². The van der Waals surface area contributed by atoms with Crippen LogP contribution >= 0.6 is 11.3 Å². The number of nitrogens with zero attached hydrogens (tertiary/aromatic N) is 1. The number of thiophene rings is 1. The zero-order valence-corrected chi connectivity index (χ0v) is 18.2. The molecule has 6 heteroatoms. The Kier molecular flexibility index (Phi) is 7.33. The molecule has 162 valence electrons. The number of amides is 1. The van der Waals surface area contributed by atoms with Crippen molar-refractivity contribution in [2.45, 2.75) is 31.9 Å². The van der Waals surface area contributed by atoms with E-state index < -0.39 is 5.82 Å². The SMILES string of the molecule is O=C(c1cccc(F)c1)N(Cc1cccc(OCCc2cccs2)c1)C[C@H]1CCCO1. The van der Waals surface area contributed by atoms with Crippen LogP contribution in [0, 0.1) is 5.82 Å². The van der Waals surface area contributed by atoms with E-state index >= 15 is 0 Å². The molecule has 0 radical (unpaired) electrons. The third kappa shape index (κ3) is 6.15. The van der Waals surface area contributed by atoms with Gasteiger partial charge in [-0.2, -0.15) is 0 Å². The van der Waals surface area contributed by atoms with Gasteiger partial charge in [0.2, 0.25) is 0 Å². The van der Waals surface area contributed by atoms with Gasteiger partial charge in [0.25, 0.3) is 5.91 Å². The average molecular weight is 440 g/mol. The fourth-order valence-corrected chi connectivity index (χ4v) is 4.43. The minimum absolute atomic E-state index is 0.0164. The van der Waals surface area contributed by atoms with Crippen molar-refractivity contribution < 1.29 is 18.7 Å². The number of ether oxygens (including phenoxy) is 2. The highest BCUT2D eigenvalue weighted by molar-refractivity contribution is 7.09. The molecule has 0 N–H and O–H groups in total. The summed E-state index contributed by atoms with van der Waals surface area (Å²) >= 11 is 1.72. The Morgan fingerprint density at radius 1 is 1.16 bits per heavy atom. The van der Waals surface area contributed by atoms with Crippen LogP contribution in [0.15, 0.2) is 66.0 Å². The maximum absolute atomic E-state index is 13.7. The molecule has 0 bridgehead atoms. The molecule has 1 aromatic heterocycles. The smallest absolute Gasteiger partial charge is 0.254 e. The van der Waals surface area contributed by atoms with Crippen molar-refractivity contribution in [3.8, 4) is 5.75 Å². The number of halogens is 1. The Morgan fingerprint density at radius 2 is 2.06 bits per heavy atom. The highest BCUT2D eigenvalue weighted by atomic mass is 32.1. The second-order valence-corrected chi connectivity index (χ2v) is 8.69. The molecule has 4 nitrogen and oxygen atoms in total. The first-order valence-corrected chi connectivity index (χ1v) is 11.5. The maximum Gasteiger partial charge on any atom is 0.254 e. The van der Waals surface area contributed by atoms with Gasteiger partial charge in [-0.05, 0) is 60.2 Å². The normalized spacial score (nSPS) is 15.7. The van der Waals surface area contributed by atoms with Crippen LogP contribution in [0.5, 0.6) is 5.75 Å². The Morgan fingerprint density at radius 3 is 2.84 bits per heavy atom. The van der Waals surface area contributed by atoms with E-state index in [1.807, 2.05) is 30.3 Å². The predicted molar refractivity (Wildman–Crippen MR) is 120 cm³/mol. The summed E-state index contributed by atoms with van der Waals surface area (Å²) in [4.78, 5) is 16.2. The first-order valence-electron chi connectivity index (χ1n) is 10.6. The summed E-state index contributed by atoms with van der Waals surface area (Å²) in [5.74, 6) is 0.174. The van der Waals surface area contributed by atoms with Gasteiger partial charge in [0.15, 0.2) is 0 Å². The van der Waals surface area contributed by atoms with Crippen molar-refractivity contribution in [3.05, 3.63) is 87.9 Å². The molecule has 31 heavy (non-hydrogen) atoms. The number of hydrogen-bond acceptors (Lipinski definition) is 4. The van der Waals surface area contributed by atoms with Gasteiger partial charge in [-0.15, -0.1) is 11.3 Å². The molecule has 2 aromatic carbocycles. The van der Waals surface area contributed by atoms with Gasteiger partial charge < -0.3 is 14.4 Å². The monoisotopic (exact) mass is 439 g/mol.